The zero-order valence-corrected chi connectivity index (χ0v) is 39.2. The fourth-order valence-electron chi connectivity index (χ4n) is 12.0. The Morgan fingerprint density at radius 1 is 0.294 bits per heavy atom. The molecule has 12 aromatic rings. The molecule has 0 aliphatic carbocycles. The highest BCUT2D eigenvalue weighted by Gasteiger charge is 2.57. The average Bonchev–Trinajstić information content (AvgIpc) is 4.02. The molecule has 10 aromatic carbocycles. The normalized spacial score (nSPS) is 14.6. The van der Waals surface area contributed by atoms with Crippen LogP contribution in [-0.2, 0) is 9.07 Å². The van der Waals surface area contributed by atoms with Gasteiger partial charge in [-0.1, -0.05) is 119 Å². The summed E-state index contributed by atoms with van der Waals surface area (Å²) in [5, 5.41) is 5.06. The highest BCUT2D eigenvalue weighted by molar-refractivity contribution is 8.21. The summed E-state index contributed by atoms with van der Waals surface area (Å²) in [6.07, 6.45) is 0. The maximum absolute atomic E-state index is 17.6. The number of hydrogen-bond donors (Lipinski definition) is 0. The van der Waals surface area contributed by atoms with Crippen LogP contribution < -0.4 is 0 Å². The van der Waals surface area contributed by atoms with E-state index in [2.05, 4.69) is 243 Å². The summed E-state index contributed by atoms with van der Waals surface area (Å²) in [5.74, 6) is 0. The third-order valence-electron chi connectivity index (χ3n) is 15.0. The van der Waals surface area contributed by atoms with Crippen molar-refractivity contribution in [2.75, 3.05) is 0 Å². The summed E-state index contributed by atoms with van der Waals surface area (Å²) >= 11 is 0. The second kappa shape index (κ2) is 13.8. The van der Waals surface area contributed by atoms with Crippen LogP contribution in [0.4, 0.5) is 0 Å². The lowest BCUT2D eigenvalue weighted by Gasteiger charge is -2.38. The molecule has 0 amide bonds. The molecule has 2 aliphatic heterocycles. The first-order valence-electron chi connectivity index (χ1n) is 23.6. The van der Waals surface area contributed by atoms with Crippen LogP contribution >= 0.6 is 0 Å². The van der Waals surface area contributed by atoms with Gasteiger partial charge in [0.2, 0.25) is 0 Å². The molecule has 0 N–H and O–H groups in total. The Morgan fingerprint density at radius 2 is 0.632 bits per heavy atom. The fraction of sp³-hybridized carbons (Fsp3) is 0.0625. The van der Waals surface area contributed by atoms with Crippen molar-refractivity contribution in [2.24, 2.45) is 0 Å². The van der Waals surface area contributed by atoms with E-state index in [0.717, 1.165) is 75.5 Å². The predicted octanol–water partition coefficient (Wildman–Crippen LogP) is 16.8. The van der Waals surface area contributed by atoms with Gasteiger partial charge in [-0.2, -0.15) is 0 Å². The van der Waals surface area contributed by atoms with E-state index in [0.29, 0.717) is 0 Å². The number of benzene rings is 10. The monoisotopic (exact) mass is 890 g/mol. The summed E-state index contributed by atoms with van der Waals surface area (Å²) in [7, 11) is -4.07. The van der Waals surface area contributed by atoms with Gasteiger partial charge in [0.1, 0.15) is 0 Å². The van der Waals surface area contributed by atoms with E-state index in [1.807, 2.05) is 0 Å². The van der Waals surface area contributed by atoms with Gasteiger partial charge in [-0.15, -0.1) is 0 Å². The smallest absolute Gasteiger partial charge is 0.0541 e. The van der Waals surface area contributed by atoms with Gasteiger partial charge in [-0.05, 0) is 181 Å². The predicted molar refractivity (Wildman–Crippen MR) is 283 cm³/mol. The van der Waals surface area contributed by atoms with Crippen molar-refractivity contribution in [1.29, 1.82) is 0 Å². The van der Waals surface area contributed by atoms with Crippen molar-refractivity contribution in [3.63, 3.8) is 0 Å². The Bertz CT molecular complexity index is 3880. The van der Waals surface area contributed by atoms with E-state index in [1.165, 1.54) is 65.9 Å². The Morgan fingerprint density at radius 3 is 1.01 bits per heavy atom. The molecule has 4 heteroatoms. The lowest BCUT2D eigenvalue weighted by atomic mass is 9.99. The van der Waals surface area contributed by atoms with Gasteiger partial charge >= 0.3 is 0 Å². The van der Waals surface area contributed by atoms with Crippen molar-refractivity contribution in [3.05, 3.63) is 229 Å². The second-order valence-corrected chi connectivity index (χ2v) is 22.9. The molecule has 3 nitrogen and oxygen atoms in total. The molecule has 2 aliphatic rings. The number of rotatable bonds is 4. The SMILES string of the molecule is Cc1ccc2c(c1)c1cc(C)ccc1n2-c1cccc(-c2ccc3c(c2)-c2ccccc2S32(=O)c3ccccc3-c3cc(-c4cccc(-n5c6ccc(C)cc6c6cc(C)ccc65)c4)ccc32)c1. The standard InChI is InChI=1S/C64H46N2OS/c1-39-19-25-57-51(31-39)52-32-40(2)20-26-58(52)65(57)47-13-9-11-43(35-47)45-23-29-63-55(37-45)49-15-5-7-17-61(49)68(63,67)62-18-8-6-16-50(62)56-38-46(24-30-64(56)68)44-12-10-14-48(36-44)66-59-27-21-41(3)33-53(59)54-34-42(4)22-28-60(54)66/h5-38H,1-4H3. The maximum Gasteiger partial charge on any atom is 0.0541 e. The van der Waals surface area contributed by atoms with Gasteiger partial charge in [0.05, 0.1) is 22.1 Å². The third-order valence-corrected chi connectivity index (χ3v) is 19.8. The van der Waals surface area contributed by atoms with Crippen LogP contribution in [0.25, 0.3) is 99.5 Å². The molecule has 68 heavy (non-hydrogen) atoms. The Balaban J connectivity index is 0.924. The summed E-state index contributed by atoms with van der Waals surface area (Å²) < 4.78 is 22.4. The summed E-state index contributed by atoms with van der Waals surface area (Å²) in [5.41, 5.74) is 20.5. The van der Waals surface area contributed by atoms with E-state index in [1.54, 1.807) is 0 Å². The van der Waals surface area contributed by atoms with Crippen molar-refractivity contribution in [2.45, 2.75) is 47.3 Å². The number of aromatic nitrogens is 2. The van der Waals surface area contributed by atoms with Crippen LogP contribution in [0.5, 0.6) is 0 Å². The van der Waals surface area contributed by atoms with E-state index < -0.39 is 9.07 Å². The van der Waals surface area contributed by atoms with Crippen molar-refractivity contribution in [3.8, 4) is 55.9 Å². The maximum atomic E-state index is 17.6. The van der Waals surface area contributed by atoms with Gasteiger partial charge in [-0.3, -0.25) is 4.21 Å². The molecular weight excluding hydrogens is 845 g/mol. The number of fused-ring (bicyclic) bond motifs is 16. The average molecular weight is 891 g/mol. The molecule has 14 rings (SSSR count). The molecule has 0 saturated carbocycles. The first-order valence-corrected chi connectivity index (χ1v) is 25.5. The quantitative estimate of drug-likeness (QED) is 0.173. The van der Waals surface area contributed by atoms with Gasteiger partial charge in [0.25, 0.3) is 0 Å². The molecule has 4 heterocycles. The zero-order chi connectivity index (χ0) is 45.7. The van der Waals surface area contributed by atoms with Crippen LogP contribution in [0.2, 0.25) is 0 Å². The number of aryl methyl sites for hydroxylation is 4. The topological polar surface area (TPSA) is 26.9 Å². The molecule has 0 bridgehead atoms. The first kappa shape index (κ1) is 39.1. The summed E-state index contributed by atoms with van der Waals surface area (Å²) in [6.45, 7) is 8.66. The summed E-state index contributed by atoms with van der Waals surface area (Å²) in [6, 6.07) is 75.0. The second-order valence-electron chi connectivity index (χ2n) is 19.2. The van der Waals surface area contributed by atoms with Crippen LogP contribution in [0, 0.1) is 27.7 Å². The van der Waals surface area contributed by atoms with E-state index in [9.17, 15) is 0 Å². The summed E-state index contributed by atoms with van der Waals surface area (Å²) in [4.78, 5) is 3.54. The largest absolute Gasteiger partial charge is 0.309 e. The Kier molecular flexibility index (Phi) is 7.92. The van der Waals surface area contributed by atoms with Gasteiger partial charge in [0.15, 0.2) is 0 Å². The lowest BCUT2D eigenvalue weighted by Crippen LogP contribution is -2.30. The fourth-order valence-corrected chi connectivity index (χ4v) is 17.1. The highest BCUT2D eigenvalue weighted by Crippen LogP contribution is 2.71. The molecule has 0 atom stereocenters. The van der Waals surface area contributed by atoms with Gasteiger partial charge in [0, 0.05) is 61.6 Å². The number of hydrogen-bond acceptors (Lipinski definition) is 1. The first-order chi connectivity index (χ1) is 33.2. The van der Waals surface area contributed by atoms with E-state index in [4.69, 9.17) is 0 Å². The Labute approximate surface area is 395 Å². The minimum Gasteiger partial charge on any atom is -0.309 e. The van der Waals surface area contributed by atoms with Crippen molar-refractivity contribution >= 4 is 52.7 Å². The van der Waals surface area contributed by atoms with Crippen molar-refractivity contribution in [1.82, 2.24) is 9.13 Å². The lowest BCUT2D eigenvalue weighted by molar-refractivity contribution is 0.658. The molecule has 0 radical (unpaired) electrons. The molecular formula is C64H46N2OS. The molecule has 2 aromatic heterocycles. The zero-order valence-electron chi connectivity index (χ0n) is 38.3. The van der Waals surface area contributed by atoms with Crippen LogP contribution in [-0.4, -0.2) is 13.3 Å². The molecule has 0 fully saturated rings. The van der Waals surface area contributed by atoms with Crippen LogP contribution in [0.1, 0.15) is 22.3 Å². The minimum atomic E-state index is -4.07. The van der Waals surface area contributed by atoms with E-state index in [-0.39, 0.29) is 0 Å². The third kappa shape index (κ3) is 5.10. The van der Waals surface area contributed by atoms with Gasteiger partial charge < -0.3 is 9.13 Å². The Hall–Kier alpha value is -8.05. The number of nitrogens with zero attached hydrogens (tertiary/aromatic N) is 2. The minimum absolute atomic E-state index is 0.883. The van der Waals surface area contributed by atoms with Crippen LogP contribution in [0.15, 0.2) is 226 Å². The molecule has 324 valence electrons. The van der Waals surface area contributed by atoms with Gasteiger partial charge in [-0.25, -0.2) is 0 Å². The van der Waals surface area contributed by atoms with E-state index >= 15 is 4.21 Å². The highest BCUT2D eigenvalue weighted by atomic mass is 32.3. The molecule has 0 unspecified atom stereocenters. The van der Waals surface area contributed by atoms with Crippen molar-refractivity contribution < 1.29 is 4.21 Å². The molecule has 1 spiro atoms. The molecule has 0 saturated heterocycles. The van der Waals surface area contributed by atoms with Crippen LogP contribution in [0.3, 0.4) is 0 Å².